The Hall–Kier alpha value is -3.23. The van der Waals surface area contributed by atoms with Crippen molar-refractivity contribution in [2.75, 3.05) is 13.1 Å². The van der Waals surface area contributed by atoms with Crippen molar-refractivity contribution in [1.82, 2.24) is 14.8 Å². The topological polar surface area (TPSA) is 92.5 Å². The molecule has 0 spiro atoms. The summed E-state index contributed by atoms with van der Waals surface area (Å²) in [4.78, 5) is 12.9. The molecule has 1 fully saturated rings. The van der Waals surface area contributed by atoms with Gasteiger partial charge in [0.25, 0.3) is 0 Å². The number of rotatable bonds is 7. The molecule has 2 heterocycles. The summed E-state index contributed by atoms with van der Waals surface area (Å²) in [6.45, 7) is 8.64. The molecule has 4 rings (SSSR count). The van der Waals surface area contributed by atoms with Crippen LogP contribution in [0.25, 0.3) is 12.2 Å². The van der Waals surface area contributed by atoms with Crippen molar-refractivity contribution in [1.29, 1.82) is 0 Å². The molecular weight excluding hydrogens is 474 g/mol. The van der Waals surface area contributed by atoms with E-state index in [9.17, 15) is 13.2 Å². The molecule has 1 N–H and O–H groups in total. The molecule has 36 heavy (non-hydrogen) atoms. The van der Waals surface area contributed by atoms with E-state index in [2.05, 4.69) is 22.6 Å². The molecule has 7 nitrogen and oxygen atoms in total. The van der Waals surface area contributed by atoms with Crippen LogP contribution in [0.2, 0.25) is 0 Å². The smallest absolute Gasteiger partial charge is 0.248 e. The molecule has 0 bridgehead atoms. The zero-order chi connectivity index (χ0) is 25.9. The zero-order valence-electron chi connectivity index (χ0n) is 21.2. The third kappa shape index (κ3) is 5.60. The summed E-state index contributed by atoms with van der Waals surface area (Å²) in [6, 6.07) is 13.8. The van der Waals surface area contributed by atoms with Crippen molar-refractivity contribution in [3.63, 3.8) is 0 Å². The second kappa shape index (κ2) is 10.8. The van der Waals surface area contributed by atoms with Gasteiger partial charge in [-0.25, -0.2) is 8.42 Å². The minimum absolute atomic E-state index is 0.0616. The van der Waals surface area contributed by atoms with Gasteiger partial charge in [-0.1, -0.05) is 59.3 Å². The third-order valence-corrected chi connectivity index (χ3v) is 8.66. The lowest BCUT2D eigenvalue weighted by molar-refractivity contribution is -0.126. The number of amides is 1. The molecule has 1 aliphatic heterocycles. The molecule has 0 aliphatic carbocycles. The molecule has 1 aliphatic rings. The van der Waals surface area contributed by atoms with E-state index in [-0.39, 0.29) is 23.1 Å². The van der Waals surface area contributed by atoms with Crippen LogP contribution in [-0.2, 0) is 21.4 Å². The Morgan fingerprint density at radius 1 is 1.11 bits per heavy atom. The fourth-order valence-electron chi connectivity index (χ4n) is 4.85. The highest BCUT2D eigenvalue weighted by molar-refractivity contribution is 7.89. The maximum absolute atomic E-state index is 13.7. The Balaban J connectivity index is 1.52. The second-order valence-electron chi connectivity index (χ2n) is 9.51. The van der Waals surface area contributed by atoms with E-state index in [0.29, 0.717) is 31.6 Å². The summed E-state index contributed by atoms with van der Waals surface area (Å²) in [5.41, 5.74) is 5.71. The molecule has 2 aromatic carbocycles. The number of sulfonamides is 1. The molecule has 3 aromatic rings. The van der Waals surface area contributed by atoms with Gasteiger partial charge >= 0.3 is 0 Å². The first-order chi connectivity index (χ1) is 17.2. The number of hydrogen-bond acceptors (Lipinski definition) is 5. The average molecular weight is 508 g/mol. The summed E-state index contributed by atoms with van der Waals surface area (Å²) in [5.74, 6) is -0.344. The lowest BCUT2D eigenvalue weighted by Crippen LogP contribution is -2.45. The Morgan fingerprint density at radius 3 is 2.50 bits per heavy atom. The second-order valence-corrected chi connectivity index (χ2v) is 11.4. The maximum Gasteiger partial charge on any atom is 0.248 e. The van der Waals surface area contributed by atoms with Gasteiger partial charge in [-0.15, -0.1) is 0 Å². The SMILES string of the molecule is Cc1cc(C)c(/C=C/c2onc(C)c2S(=O)(=O)N2CCC[C@H](C(=O)NCc3ccccc3)C2)c(C)c1. The monoisotopic (exact) mass is 507 g/mol. The van der Waals surface area contributed by atoms with Gasteiger partial charge in [0.1, 0.15) is 5.69 Å². The number of benzene rings is 2. The van der Waals surface area contributed by atoms with E-state index in [1.807, 2.05) is 57.2 Å². The van der Waals surface area contributed by atoms with E-state index in [4.69, 9.17) is 4.52 Å². The number of aromatic nitrogens is 1. The van der Waals surface area contributed by atoms with Crippen LogP contribution in [0.4, 0.5) is 0 Å². The molecule has 0 saturated carbocycles. The van der Waals surface area contributed by atoms with Gasteiger partial charge in [-0.2, -0.15) is 4.31 Å². The zero-order valence-corrected chi connectivity index (χ0v) is 22.1. The average Bonchev–Trinajstić information content (AvgIpc) is 3.23. The van der Waals surface area contributed by atoms with Gasteiger partial charge < -0.3 is 9.84 Å². The summed E-state index contributed by atoms with van der Waals surface area (Å²) < 4.78 is 34.2. The predicted molar refractivity (Wildman–Crippen MR) is 141 cm³/mol. The fourth-order valence-corrected chi connectivity index (χ4v) is 6.62. The molecule has 1 amide bonds. The van der Waals surface area contributed by atoms with E-state index in [1.165, 1.54) is 9.87 Å². The first-order valence-corrected chi connectivity index (χ1v) is 13.6. The number of aryl methyl sites for hydroxylation is 4. The van der Waals surface area contributed by atoms with Crippen molar-refractivity contribution in [2.24, 2.45) is 5.92 Å². The van der Waals surface area contributed by atoms with Crippen LogP contribution in [0.3, 0.4) is 0 Å². The standard InChI is InChI=1S/C28H33N3O4S/c1-19-15-20(2)25(21(3)16-19)12-13-26-27(22(4)30-35-26)36(33,34)31-14-8-11-24(18-31)28(32)29-17-23-9-6-5-7-10-23/h5-7,9-10,12-13,15-16,24H,8,11,14,17-18H2,1-4H3,(H,29,32)/b13-12+/t24-/m0/s1. The van der Waals surface area contributed by atoms with Crippen LogP contribution >= 0.6 is 0 Å². The lowest BCUT2D eigenvalue weighted by Gasteiger charge is -2.31. The van der Waals surface area contributed by atoms with E-state index < -0.39 is 15.9 Å². The Morgan fingerprint density at radius 2 is 1.81 bits per heavy atom. The maximum atomic E-state index is 13.7. The van der Waals surface area contributed by atoms with Crippen LogP contribution in [0, 0.1) is 33.6 Å². The van der Waals surface area contributed by atoms with Crippen molar-refractivity contribution in [3.8, 4) is 0 Å². The molecule has 190 valence electrons. The normalized spacial score (nSPS) is 16.9. The molecule has 0 unspecified atom stereocenters. The van der Waals surface area contributed by atoms with Gasteiger partial charge in [0.05, 0.1) is 5.92 Å². The van der Waals surface area contributed by atoms with Crippen LogP contribution in [0.15, 0.2) is 51.9 Å². The van der Waals surface area contributed by atoms with Gasteiger partial charge in [0, 0.05) is 19.6 Å². The first kappa shape index (κ1) is 25.9. The Bertz CT molecular complexity index is 1350. The highest BCUT2D eigenvalue weighted by Gasteiger charge is 2.36. The highest BCUT2D eigenvalue weighted by atomic mass is 32.2. The van der Waals surface area contributed by atoms with Crippen LogP contribution < -0.4 is 5.32 Å². The number of hydrogen-bond donors (Lipinski definition) is 1. The number of nitrogens with one attached hydrogen (secondary N) is 1. The predicted octanol–water partition coefficient (Wildman–Crippen LogP) is 4.80. The van der Waals surface area contributed by atoms with Crippen molar-refractivity contribution >= 4 is 28.1 Å². The van der Waals surface area contributed by atoms with E-state index >= 15 is 0 Å². The van der Waals surface area contributed by atoms with Crippen LogP contribution in [-0.4, -0.2) is 36.9 Å². The molecule has 8 heteroatoms. The molecule has 1 aromatic heterocycles. The van der Waals surface area contributed by atoms with Crippen LogP contribution in [0.1, 0.15) is 52.1 Å². The minimum Gasteiger partial charge on any atom is -0.355 e. The number of nitrogens with zero attached hydrogens (tertiary/aromatic N) is 2. The van der Waals surface area contributed by atoms with E-state index in [0.717, 1.165) is 22.3 Å². The van der Waals surface area contributed by atoms with Crippen LogP contribution in [0.5, 0.6) is 0 Å². The number of carbonyl (C=O) groups excluding carboxylic acids is 1. The van der Waals surface area contributed by atoms with Gasteiger partial charge in [-0.3, -0.25) is 4.79 Å². The Labute approximate surface area is 213 Å². The fraction of sp³-hybridized carbons (Fsp3) is 0.357. The quantitative estimate of drug-likeness (QED) is 0.496. The summed E-state index contributed by atoms with van der Waals surface area (Å²) in [6.07, 6.45) is 4.80. The lowest BCUT2D eigenvalue weighted by atomic mass is 9.99. The van der Waals surface area contributed by atoms with Crippen molar-refractivity contribution in [3.05, 3.63) is 81.7 Å². The first-order valence-electron chi connectivity index (χ1n) is 12.2. The summed E-state index contributed by atoms with van der Waals surface area (Å²) in [7, 11) is -3.90. The summed E-state index contributed by atoms with van der Waals surface area (Å²) >= 11 is 0. The van der Waals surface area contributed by atoms with Crippen molar-refractivity contribution in [2.45, 2.75) is 52.0 Å². The minimum atomic E-state index is -3.90. The largest absolute Gasteiger partial charge is 0.355 e. The number of piperidine rings is 1. The highest BCUT2D eigenvalue weighted by Crippen LogP contribution is 2.30. The van der Waals surface area contributed by atoms with Gasteiger partial charge in [0.2, 0.25) is 15.9 Å². The summed E-state index contributed by atoms with van der Waals surface area (Å²) in [5, 5.41) is 6.90. The Kier molecular flexibility index (Phi) is 7.76. The third-order valence-electron chi connectivity index (χ3n) is 6.64. The number of carbonyl (C=O) groups is 1. The molecular formula is C28H33N3O4S. The van der Waals surface area contributed by atoms with Gasteiger partial charge in [-0.05, 0) is 68.9 Å². The molecule has 1 atom stereocenters. The van der Waals surface area contributed by atoms with E-state index in [1.54, 1.807) is 13.0 Å². The molecule has 1 saturated heterocycles. The van der Waals surface area contributed by atoms with Crippen molar-refractivity contribution < 1.29 is 17.7 Å². The molecule has 0 radical (unpaired) electrons. The van der Waals surface area contributed by atoms with Gasteiger partial charge in [0.15, 0.2) is 10.7 Å².